The molecule has 22 heavy (non-hydrogen) atoms. The van der Waals surface area contributed by atoms with Crippen molar-refractivity contribution in [3.05, 3.63) is 59.7 Å². The van der Waals surface area contributed by atoms with Crippen LogP contribution in [0.1, 0.15) is 50.7 Å². The summed E-state index contributed by atoms with van der Waals surface area (Å²) in [5, 5.41) is 0. The summed E-state index contributed by atoms with van der Waals surface area (Å²) in [6, 6.07) is 18.3. The molecular formula is C20H26SSn. The molecule has 0 amide bonds. The predicted octanol–water partition coefficient (Wildman–Crippen LogP) is 4.68. The van der Waals surface area contributed by atoms with Gasteiger partial charge in [-0.3, -0.25) is 0 Å². The molecule has 0 aliphatic rings. The van der Waals surface area contributed by atoms with Gasteiger partial charge in [0.2, 0.25) is 0 Å². The zero-order valence-electron chi connectivity index (χ0n) is 13.8. The van der Waals surface area contributed by atoms with Crippen molar-refractivity contribution in [3.63, 3.8) is 0 Å². The third kappa shape index (κ3) is 5.27. The molecule has 116 valence electrons. The monoisotopic (exact) mass is 418 g/mol. The number of hydrogen-bond acceptors (Lipinski definition) is 1. The Morgan fingerprint density at radius 1 is 0.682 bits per heavy atom. The van der Waals surface area contributed by atoms with Crippen LogP contribution in [-0.4, -0.2) is 17.8 Å². The van der Waals surface area contributed by atoms with E-state index in [9.17, 15) is 0 Å². The van der Waals surface area contributed by atoms with Crippen molar-refractivity contribution >= 4 is 34.3 Å². The van der Waals surface area contributed by atoms with Crippen LogP contribution < -0.4 is 7.16 Å². The Balaban J connectivity index is 2.04. The molecule has 0 nitrogen and oxygen atoms in total. The van der Waals surface area contributed by atoms with Crippen LogP contribution in [0.4, 0.5) is 0 Å². The van der Waals surface area contributed by atoms with Gasteiger partial charge in [-0.05, 0) is 0 Å². The summed E-state index contributed by atoms with van der Waals surface area (Å²) in [5.74, 6) is 0. The summed E-state index contributed by atoms with van der Waals surface area (Å²) in [6.07, 6.45) is 7.45. The molecule has 0 N–H and O–H groups in total. The van der Waals surface area contributed by atoms with Crippen molar-refractivity contribution < 1.29 is 0 Å². The van der Waals surface area contributed by atoms with Crippen molar-refractivity contribution in [2.24, 2.45) is 0 Å². The molecule has 0 heterocycles. The number of aryl methyl sites for hydroxylation is 2. The van der Waals surface area contributed by atoms with E-state index in [4.69, 9.17) is 9.29 Å². The Morgan fingerprint density at radius 3 is 1.36 bits per heavy atom. The van der Waals surface area contributed by atoms with Crippen LogP contribution in [0.5, 0.6) is 0 Å². The van der Waals surface area contributed by atoms with E-state index in [1.807, 2.05) is 0 Å². The maximum atomic E-state index is 5.93. The number of unbranched alkanes of at least 4 members (excludes halogenated alkanes) is 2. The molecule has 0 saturated carbocycles. The minimum atomic E-state index is -2.05. The van der Waals surface area contributed by atoms with Gasteiger partial charge in [0, 0.05) is 0 Å². The zero-order chi connectivity index (χ0) is 15.8. The van der Waals surface area contributed by atoms with Crippen LogP contribution in [0, 0.1) is 0 Å². The van der Waals surface area contributed by atoms with Crippen molar-refractivity contribution in [2.75, 3.05) is 0 Å². The second kappa shape index (κ2) is 9.56. The molecule has 0 aliphatic heterocycles. The molecule has 2 aromatic carbocycles. The molecule has 2 heteroatoms. The topological polar surface area (TPSA) is 0 Å². The summed E-state index contributed by atoms with van der Waals surface area (Å²) < 4.78 is 2.86. The summed E-state index contributed by atoms with van der Waals surface area (Å²) >= 11 is -2.05. The Hall–Kier alpha value is -0.541. The maximum absolute atomic E-state index is 5.93. The van der Waals surface area contributed by atoms with E-state index in [1.54, 1.807) is 0 Å². The third-order valence-electron chi connectivity index (χ3n) is 4.07. The molecule has 2 rings (SSSR count). The fourth-order valence-electron chi connectivity index (χ4n) is 2.57. The Morgan fingerprint density at radius 2 is 1.05 bits per heavy atom. The first-order valence-electron chi connectivity index (χ1n) is 8.47. The van der Waals surface area contributed by atoms with Gasteiger partial charge in [-0.2, -0.15) is 0 Å². The number of benzene rings is 2. The molecule has 0 aliphatic carbocycles. The Labute approximate surface area is 145 Å². The normalized spacial score (nSPS) is 10.6. The minimum absolute atomic E-state index is 1.19. The van der Waals surface area contributed by atoms with Crippen molar-refractivity contribution in [2.45, 2.75) is 52.4 Å². The molecular weight excluding hydrogens is 391 g/mol. The van der Waals surface area contributed by atoms with Gasteiger partial charge >= 0.3 is 146 Å². The molecule has 0 saturated heterocycles. The average Bonchev–Trinajstić information content (AvgIpc) is 2.58. The molecule has 0 spiro atoms. The Kier molecular flexibility index (Phi) is 7.74. The first-order chi connectivity index (χ1) is 10.7. The van der Waals surface area contributed by atoms with Gasteiger partial charge < -0.3 is 0 Å². The van der Waals surface area contributed by atoms with Crippen LogP contribution in [-0.2, 0) is 12.8 Å². The molecule has 2 aromatic rings. The average molecular weight is 417 g/mol. The van der Waals surface area contributed by atoms with E-state index in [2.05, 4.69) is 62.4 Å². The van der Waals surface area contributed by atoms with Crippen LogP contribution in [0.2, 0.25) is 0 Å². The van der Waals surface area contributed by atoms with E-state index in [1.165, 1.54) is 56.8 Å². The summed E-state index contributed by atoms with van der Waals surface area (Å²) in [4.78, 5) is 0. The van der Waals surface area contributed by atoms with E-state index in [0.717, 1.165) is 0 Å². The van der Waals surface area contributed by atoms with Crippen molar-refractivity contribution in [3.8, 4) is 0 Å². The van der Waals surface area contributed by atoms with Gasteiger partial charge in [-0.1, -0.05) is 0 Å². The van der Waals surface area contributed by atoms with Gasteiger partial charge in [0.05, 0.1) is 0 Å². The predicted molar refractivity (Wildman–Crippen MR) is 103 cm³/mol. The van der Waals surface area contributed by atoms with E-state index < -0.39 is 17.8 Å². The summed E-state index contributed by atoms with van der Waals surface area (Å²) in [7, 11) is 5.93. The zero-order valence-corrected chi connectivity index (χ0v) is 17.4. The van der Waals surface area contributed by atoms with Gasteiger partial charge in [-0.25, -0.2) is 0 Å². The summed E-state index contributed by atoms with van der Waals surface area (Å²) in [5.41, 5.74) is 2.90. The van der Waals surface area contributed by atoms with Crippen LogP contribution in [0.3, 0.4) is 0 Å². The first kappa shape index (κ1) is 17.8. The molecule has 0 radical (unpaired) electrons. The molecule has 0 atom stereocenters. The van der Waals surface area contributed by atoms with Crippen LogP contribution in [0.15, 0.2) is 48.5 Å². The summed E-state index contributed by atoms with van der Waals surface area (Å²) in [6.45, 7) is 4.49. The fraction of sp³-hybridized carbons (Fsp3) is 0.400. The molecule has 0 aromatic heterocycles. The second-order valence-electron chi connectivity index (χ2n) is 5.93. The van der Waals surface area contributed by atoms with Gasteiger partial charge in [0.25, 0.3) is 0 Å². The molecule has 0 unspecified atom stereocenters. The molecule has 0 fully saturated rings. The van der Waals surface area contributed by atoms with E-state index in [0.29, 0.717) is 0 Å². The Bertz CT molecular complexity index is 531. The SMILES string of the molecule is CCCCc1cc[c]([Sn](=[S])[c]2ccc(CCCC)cc2)cc1. The van der Waals surface area contributed by atoms with Crippen molar-refractivity contribution in [1.82, 2.24) is 0 Å². The van der Waals surface area contributed by atoms with Crippen molar-refractivity contribution in [1.29, 1.82) is 0 Å². The van der Waals surface area contributed by atoms with Crippen LogP contribution in [0.25, 0.3) is 0 Å². The number of rotatable bonds is 8. The second-order valence-corrected chi connectivity index (χ2v) is 13.8. The van der Waals surface area contributed by atoms with Crippen LogP contribution >= 0.6 is 9.29 Å². The van der Waals surface area contributed by atoms with Gasteiger partial charge in [0.1, 0.15) is 0 Å². The fourth-order valence-corrected chi connectivity index (χ4v) is 8.03. The first-order valence-corrected chi connectivity index (χ1v) is 15.2. The van der Waals surface area contributed by atoms with E-state index in [-0.39, 0.29) is 0 Å². The van der Waals surface area contributed by atoms with Gasteiger partial charge in [0.15, 0.2) is 0 Å². The van der Waals surface area contributed by atoms with Gasteiger partial charge in [-0.15, -0.1) is 0 Å². The molecule has 0 bridgehead atoms. The standard InChI is InChI=1S/2C10H13.S.Sn/c2*1-2-3-7-10-8-5-4-6-9-10;;/h2*5-6,8-9H,2-3,7H2,1H3;;. The third-order valence-corrected chi connectivity index (χ3v) is 12.1. The quantitative estimate of drug-likeness (QED) is 0.563. The number of hydrogen-bond donors (Lipinski definition) is 0. The van der Waals surface area contributed by atoms with E-state index >= 15 is 0 Å².